The van der Waals surface area contributed by atoms with Gasteiger partial charge in [-0.25, -0.2) is 4.98 Å². The van der Waals surface area contributed by atoms with Crippen molar-refractivity contribution in [1.82, 2.24) is 18.9 Å². The maximum absolute atomic E-state index is 12.9. The van der Waals surface area contributed by atoms with E-state index in [2.05, 4.69) is 18.8 Å². The fourth-order valence-corrected chi connectivity index (χ4v) is 3.04. The minimum atomic E-state index is -0.150. The molecule has 3 aromatic rings. The molecule has 3 heterocycles. The van der Waals surface area contributed by atoms with Crippen LogP contribution in [0.5, 0.6) is 0 Å². The third-order valence-electron chi connectivity index (χ3n) is 4.20. The number of hydrogen-bond acceptors (Lipinski definition) is 3. The fraction of sp³-hybridized carbons (Fsp3) is 0.389. The zero-order valence-electron chi connectivity index (χ0n) is 14.3. The SMILES string of the molecule is CCCN(CCC)C(=O)c1cc2c(=O)n3ccccc3nc2n1C. The van der Waals surface area contributed by atoms with E-state index in [1.807, 2.05) is 11.0 Å². The first-order valence-corrected chi connectivity index (χ1v) is 8.34. The largest absolute Gasteiger partial charge is 0.337 e. The van der Waals surface area contributed by atoms with Crippen LogP contribution in [0.4, 0.5) is 0 Å². The monoisotopic (exact) mass is 326 g/mol. The predicted molar refractivity (Wildman–Crippen MR) is 94.4 cm³/mol. The van der Waals surface area contributed by atoms with Crippen LogP contribution in [0.15, 0.2) is 35.3 Å². The van der Waals surface area contributed by atoms with Crippen molar-refractivity contribution in [3.05, 3.63) is 46.5 Å². The number of rotatable bonds is 5. The lowest BCUT2D eigenvalue weighted by molar-refractivity contribution is 0.0746. The summed E-state index contributed by atoms with van der Waals surface area (Å²) in [5, 5.41) is 0.470. The normalized spacial score (nSPS) is 11.3. The van der Waals surface area contributed by atoms with E-state index in [0.717, 1.165) is 12.8 Å². The molecule has 6 nitrogen and oxygen atoms in total. The molecule has 0 radical (unpaired) electrons. The summed E-state index contributed by atoms with van der Waals surface area (Å²) in [5.41, 5.74) is 1.48. The molecule has 0 aliphatic carbocycles. The topological polar surface area (TPSA) is 59.6 Å². The van der Waals surface area contributed by atoms with Gasteiger partial charge in [0, 0.05) is 26.3 Å². The van der Waals surface area contributed by atoms with E-state index >= 15 is 0 Å². The molecule has 0 aliphatic rings. The van der Waals surface area contributed by atoms with E-state index in [4.69, 9.17) is 0 Å². The molecule has 0 spiro atoms. The molecule has 0 fully saturated rings. The maximum Gasteiger partial charge on any atom is 0.270 e. The van der Waals surface area contributed by atoms with Crippen molar-refractivity contribution in [3.63, 3.8) is 0 Å². The molecule has 0 saturated heterocycles. The number of hydrogen-bond donors (Lipinski definition) is 0. The van der Waals surface area contributed by atoms with Crippen molar-refractivity contribution in [3.8, 4) is 0 Å². The van der Waals surface area contributed by atoms with Gasteiger partial charge in [0.2, 0.25) is 0 Å². The maximum atomic E-state index is 12.9. The number of fused-ring (bicyclic) bond motifs is 2. The fourth-order valence-electron chi connectivity index (χ4n) is 3.04. The van der Waals surface area contributed by atoms with Crippen LogP contribution in [0.25, 0.3) is 16.7 Å². The minimum Gasteiger partial charge on any atom is -0.337 e. The molecule has 0 N–H and O–H groups in total. The van der Waals surface area contributed by atoms with Crippen LogP contribution in [-0.2, 0) is 7.05 Å². The van der Waals surface area contributed by atoms with Crippen LogP contribution in [0, 0.1) is 0 Å². The molecule has 1 amide bonds. The third kappa shape index (κ3) is 2.58. The summed E-state index contributed by atoms with van der Waals surface area (Å²) in [6, 6.07) is 7.09. The molecule has 6 heteroatoms. The van der Waals surface area contributed by atoms with Gasteiger partial charge in [-0.15, -0.1) is 0 Å². The van der Waals surface area contributed by atoms with Gasteiger partial charge in [-0.2, -0.15) is 0 Å². The van der Waals surface area contributed by atoms with E-state index in [9.17, 15) is 9.59 Å². The molecule has 0 aromatic carbocycles. The smallest absolute Gasteiger partial charge is 0.270 e. The minimum absolute atomic E-state index is 0.0485. The molecular weight excluding hydrogens is 304 g/mol. The first-order valence-electron chi connectivity index (χ1n) is 8.34. The molecular formula is C18H22N4O2. The molecule has 3 rings (SSSR count). The standard InChI is InChI=1S/C18H22N4O2/c1-4-9-21(10-5-2)18(24)14-12-13-16(20(14)3)19-15-8-6-7-11-22(15)17(13)23/h6-8,11-12H,4-5,9-10H2,1-3H3. The van der Waals surface area contributed by atoms with Gasteiger partial charge in [-0.3, -0.25) is 14.0 Å². The Hall–Kier alpha value is -2.63. The lowest BCUT2D eigenvalue weighted by Gasteiger charge is -2.21. The number of carbonyl (C=O) groups is 1. The molecule has 0 aliphatic heterocycles. The van der Waals surface area contributed by atoms with Crippen molar-refractivity contribution in [1.29, 1.82) is 0 Å². The lowest BCUT2D eigenvalue weighted by atomic mass is 10.3. The summed E-state index contributed by atoms with van der Waals surface area (Å²) in [4.78, 5) is 32.0. The van der Waals surface area contributed by atoms with Crippen molar-refractivity contribution in [2.75, 3.05) is 13.1 Å². The predicted octanol–water partition coefficient (Wildman–Crippen LogP) is 2.45. The zero-order chi connectivity index (χ0) is 17.3. The summed E-state index contributed by atoms with van der Waals surface area (Å²) < 4.78 is 3.23. The van der Waals surface area contributed by atoms with Crippen LogP contribution in [-0.4, -0.2) is 37.8 Å². The van der Waals surface area contributed by atoms with E-state index in [1.165, 1.54) is 4.40 Å². The number of aryl methyl sites for hydroxylation is 1. The van der Waals surface area contributed by atoms with E-state index in [0.29, 0.717) is 35.5 Å². The number of amides is 1. The van der Waals surface area contributed by atoms with Gasteiger partial charge >= 0.3 is 0 Å². The molecule has 0 saturated carbocycles. The van der Waals surface area contributed by atoms with Crippen molar-refractivity contribution < 1.29 is 4.79 Å². The zero-order valence-corrected chi connectivity index (χ0v) is 14.3. The molecule has 3 aromatic heterocycles. The second kappa shape index (κ2) is 6.47. The quantitative estimate of drug-likeness (QED) is 0.723. The van der Waals surface area contributed by atoms with Crippen molar-refractivity contribution >= 4 is 22.6 Å². The second-order valence-corrected chi connectivity index (χ2v) is 5.96. The third-order valence-corrected chi connectivity index (χ3v) is 4.20. The summed E-state index contributed by atoms with van der Waals surface area (Å²) >= 11 is 0. The molecule has 24 heavy (non-hydrogen) atoms. The Morgan fingerprint density at radius 1 is 1.21 bits per heavy atom. The van der Waals surface area contributed by atoms with Crippen molar-refractivity contribution in [2.45, 2.75) is 26.7 Å². The Labute approximate surface area is 140 Å². The number of carbonyl (C=O) groups excluding carboxylic acids is 1. The average molecular weight is 326 g/mol. The van der Waals surface area contributed by atoms with Gasteiger partial charge in [-0.1, -0.05) is 19.9 Å². The highest BCUT2D eigenvalue weighted by Gasteiger charge is 2.21. The Morgan fingerprint density at radius 2 is 1.92 bits per heavy atom. The average Bonchev–Trinajstić information content (AvgIpc) is 2.92. The summed E-state index contributed by atoms with van der Waals surface area (Å²) in [6.07, 6.45) is 3.50. The number of aromatic nitrogens is 3. The van der Waals surface area contributed by atoms with Crippen LogP contribution < -0.4 is 5.56 Å². The Morgan fingerprint density at radius 3 is 2.58 bits per heavy atom. The van der Waals surface area contributed by atoms with Crippen LogP contribution in [0.2, 0.25) is 0 Å². The Balaban J connectivity index is 2.18. The molecule has 0 atom stereocenters. The lowest BCUT2D eigenvalue weighted by Crippen LogP contribution is -2.33. The Bertz CT molecular complexity index is 949. The van der Waals surface area contributed by atoms with Gasteiger partial charge in [0.25, 0.3) is 11.5 Å². The number of nitrogens with zero attached hydrogens (tertiary/aromatic N) is 4. The highest BCUT2D eigenvalue weighted by molar-refractivity contribution is 5.98. The number of pyridine rings is 1. The van der Waals surface area contributed by atoms with Crippen LogP contribution >= 0.6 is 0 Å². The van der Waals surface area contributed by atoms with Crippen LogP contribution in [0.1, 0.15) is 37.2 Å². The van der Waals surface area contributed by atoms with Gasteiger partial charge < -0.3 is 9.47 Å². The summed E-state index contributed by atoms with van der Waals surface area (Å²) in [7, 11) is 1.79. The Kier molecular flexibility index (Phi) is 4.38. The summed E-state index contributed by atoms with van der Waals surface area (Å²) in [5.74, 6) is -0.0485. The second-order valence-electron chi connectivity index (χ2n) is 5.96. The van der Waals surface area contributed by atoms with Gasteiger partial charge in [0.15, 0.2) is 0 Å². The van der Waals surface area contributed by atoms with E-state index in [-0.39, 0.29) is 11.5 Å². The van der Waals surface area contributed by atoms with E-state index < -0.39 is 0 Å². The van der Waals surface area contributed by atoms with Gasteiger partial charge in [0.05, 0.1) is 5.39 Å². The molecule has 0 bridgehead atoms. The first-order chi connectivity index (χ1) is 11.6. The highest BCUT2D eigenvalue weighted by atomic mass is 16.2. The summed E-state index contributed by atoms with van der Waals surface area (Å²) in [6.45, 7) is 5.53. The molecule has 0 unspecified atom stereocenters. The van der Waals surface area contributed by atoms with Crippen molar-refractivity contribution in [2.24, 2.45) is 7.05 Å². The highest BCUT2D eigenvalue weighted by Crippen LogP contribution is 2.17. The van der Waals surface area contributed by atoms with E-state index in [1.54, 1.807) is 36.0 Å². The van der Waals surface area contributed by atoms with Crippen LogP contribution in [0.3, 0.4) is 0 Å². The van der Waals surface area contributed by atoms with Gasteiger partial charge in [-0.05, 0) is 31.0 Å². The molecule has 126 valence electrons. The first kappa shape index (κ1) is 16.2. The van der Waals surface area contributed by atoms with Gasteiger partial charge in [0.1, 0.15) is 17.0 Å².